The zero-order chi connectivity index (χ0) is 49.3. The standard InChI is InChI=1S/C62H117NO5/c1-3-5-7-9-11-13-15-17-19-21-23-25-27-30-34-38-42-46-50-54-60(65)59(58-64)63-61(66)55-51-47-43-39-35-31-29-33-37-41-45-49-53-57-68-62(67)56-52-48-44-40-36-32-28-26-24-22-20-18-16-14-12-10-8-6-4-2/h12,14,18,20,31,35,59-60,64-65H,3-11,13,15-17,19,21-30,32-34,36-58H2,1-2H3,(H,63,66)/b14-12-,20-18-,35-31-. The van der Waals surface area contributed by atoms with E-state index < -0.39 is 12.1 Å². The van der Waals surface area contributed by atoms with Gasteiger partial charge in [-0.05, 0) is 83.5 Å². The van der Waals surface area contributed by atoms with Crippen LogP contribution >= 0.6 is 0 Å². The van der Waals surface area contributed by atoms with E-state index in [1.807, 2.05) is 0 Å². The van der Waals surface area contributed by atoms with Crippen LogP contribution in [-0.2, 0) is 14.3 Å². The Labute approximate surface area is 424 Å². The fourth-order valence-corrected chi connectivity index (χ4v) is 9.25. The molecule has 3 N–H and O–H groups in total. The highest BCUT2D eigenvalue weighted by atomic mass is 16.5. The molecule has 0 aromatic heterocycles. The second-order valence-corrected chi connectivity index (χ2v) is 20.7. The number of unbranched alkanes of at least 4 members (excludes halogenated alkanes) is 39. The highest BCUT2D eigenvalue weighted by Crippen LogP contribution is 2.17. The Bertz CT molecular complexity index is 1100. The number of carbonyl (C=O) groups is 2. The van der Waals surface area contributed by atoms with E-state index in [0.29, 0.717) is 25.9 Å². The van der Waals surface area contributed by atoms with Gasteiger partial charge >= 0.3 is 5.97 Å². The second kappa shape index (κ2) is 57.7. The topological polar surface area (TPSA) is 95.9 Å². The van der Waals surface area contributed by atoms with Crippen molar-refractivity contribution in [3.05, 3.63) is 36.5 Å². The molecule has 0 fully saturated rings. The number of hydrogen-bond acceptors (Lipinski definition) is 5. The van der Waals surface area contributed by atoms with Gasteiger partial charge in [-0.1, -0.05) is 262 Å². The Morgan fingerprint density at radius 1 is 0.412 bits per heavy atom. The minimum absolute atomic E-state index is 0.0159. The maximum absolute atomic E-state index is 12.5. The van der Waals surface area contributed by atoms with Crippen molar-refractivity contribution in [3.63, 3.8) is 0 Å². The fourth-order valence-electron chi connectivity index (χ4n) is 9.25. The first-order valence-electron chi connectivity index (χ1n) is 30.2. The molecule has 0 aromatic carbocycles. The number of allylic oxidation sites excluding steroid dienone is 6. The van der Waals surface area contributed by atoms with Crippen LogP contribution in [0.1, 0.15) is 322 Å². The highest BCUT2D eigenvalue weighted by Gasteiger charge is 2.20. The van der Waals surface area contributed by atoms with Crippen LogP contribution in [0.2, 0.25) is 0 Å². The molecule has 0 saturated carbocycles. The molecule has 0 heterocycles. The van der Waals surface area contributed by atoms with Crippen molar-refractivity contribution < 1.29 is 24.5 Å². The van der Waals surface area contributed by atoms with Gasteiger partial charge in [0.2, 0.25) is 5.91 Å². The van der Waals surface area contributed by atoms with E-state index in [4.69, 9.17) is 4.74 Å². The number of amides is 1. The van der Waals surface area contributed by atoms with Crippen LogP contribution in [0.3, 0.4) is 0 Å². The molecule has 6 heteroatoms. The van der Waals surface area contributed by atoms with Crippen molar-refractivity contribution in [2.24, 2.45) is 0 Å². The maximum Gasteiger partial charge on any atom is 0.305 e. The fraction of sp³-hybridized carbons (Fsp3) is 0.871. The van der Waals surface area contributed by atoms with Gasteiger partial charge < -0.3 is 20.3 Å². The lowest BCUT2D eigenvalue weighted by atomic mass is 10.0. The molecule has 0 rings (SSSR count). The van der Waals surface area contributed by atoms with Crippen LogP contribution in [0.5, 0.6) is 0 Å². The summed E-state index contributed by atoms with van der Waals surface area (Å²) in [6, 6.07) is -0.563. The quantitative estimate of drug-likeness (QED) is 0.0321. The first kappa shape index (κ1) is 66.1. The molecule has 0 radical (unpaired) electrons. The summed E-state index contributed by atoms with van der Waals surface area (Å²) in [5.74, 6) is -0.0790. The summed E-state index contributed by atoms with van der Waals surface area (Å²) in [5, 5.41) is 23.3. The van der Waals surface area contributed by atoms with Crippen LogP contribution in [0, 0.1) is 0 Å². The molecule has 0 saturated heterocycles. The van der Waals surface area contributed by atoms with Crippen LogP contribution in [0.15, 0.2) is 36.5 Å². The van der Waals surface area contributed by atoms with E-state index in [-0.39, 0.29) is 18.5 Å². The summed E-state index contributed by atoms with van der Waals surface area (Å²) in [4.78, 5) is 24.6. The molecule has 0 aromatic rings. The molecule has 0 aliphatic heterocycles. The lowest BCUT2D eigenvalue weighted by Crippen LogP contribution is -2.45. The SMILES string of the molecule is CCCCC/C=C\C/C=C\CCCCCCCCCCCC(=O)OCCCCCCCC/C=C\CCCCCC(=O)NC(CO)C(O)CCCCCCCCCCCCCCCCCCCCC. The smallest absolute Gasteiger partial charge is 0.305 e. The largest absolute Gasteiger partial charge is 0.466 e. The van der Waals surface area contributed by atoms with Gasteiger partial charge in [0.1, 0.15) is 0 Å². The summed E-state index contributed by atoms with van der Waals surface area (Å²) in [6.45, 7) is 4.90. The number of esters is 1. The van der Waals surface area contributed by atoms with Crippen molar-refractivity contribution in [1.82, 2.24) is 5.32 Å². The van der Waals surface area contributed by atoms with Crippen LogP contribution in [-0.4, -0.2) is 47.4 Å². The van der Waals surface area contributed by atoms with E-state index in [1.54, 1.807) is 0 Å². The van der Waals surface area contributed by atoms with E-state index >= 15 is 0 Å². The molecule has 0 spiro atoms. The first-order valence-corrected chi connectivity index (χ1v) is 30.2. The number of aliphatic hydroxyl groups is 2. The Morgan fingerprint density at radius 2 is 0.735 bits per heavy atom. The van der Waals surface area contributed by atoms with Gasteiger partial charge in [-0.2, -0.15) is 0 Å². The molecule has 2 unspecified atom stereocenters. The first-order chi connectivity index (χ1) is 33.5. The van der Waals surface area contributed by atoms with E-state index in [9.17, 15) is 19.8 Å². The number of nitrogens with one attached hydrogen (secondary N) is 1. The van der Waals surface area contributed by atoms with E-state index in [2.05, 4.69) is 55.6 Å². The third-order valence-electron chi connectivity index (χ3n) is 13.9. The Morgan fingerprint density at radius 3 is 1.18 bits per heavy atom. The van der Waals surface area contributed by atoms with E-state index in [0.717, 1.165) is 77.0 Å². The Kier molecular flexibility index (Phi) is 56.0. The number of aliphatic hydroxyl groups excluding tert-OH is 2. The van der Waals surface area contributed by atoms with Gasteiger partial charge in [-0.15, -0.1) is 0 Å². The second-order valence-electron chi connectivity index (χ2n) is 20.7. The molecular formula is C62H117NO5. The third-order valence-corrected chi connectivity index (χ3v) is 13.9. The summed E-state index contributed by atoms with van der Waals surface area (Å²) in [5.41, 5.74) is 0. The van der Waals surface area contributed by atoms with Crippen molar-refractivity contribution in [2.75, 3.05) is 13.2 Å². The molecule has 0 aliphatic carbocycles. The molecule has 400 valence electrons. The number of carbonyl (C=O) groups excluding carboxylic acids is 2. The maximum atomic E-state index is 12.5. The summed E-state index contributed by atoms with van der Waals surface area (Å²) >= 11 is 0. The van der Waals surface area contributed by atoms with E-state index in [1.165, 1.54) is 212 Å². The van der Waals surface area contributed by atoms with Crippen LogP contribution in [0.25, 0.3) is 0 Å². The minimum atomic E-state index is -0.683. The van der Waals surface area contributed by atoms with Crippen molar-refractivity contribution in [2.45, 2.75) is 334 Å². The monoisotopic (exact) mass is 956 g/mol. The predicted octanol–water partition coefficient (Wildman–Crippen LogP) is 18.8. The molecule has 68 heavy (non-hydrogen) atoms. The molecule has 0 aliphatic rings. The highest BCUT2D eigenvalue weighted by molar-refractivity contribution is 5.76. The Hall–Kier alpha value is -1.92. The van der Waals surface area contributed by atoms with Gasteiger partial charge in [0.15, 0.2) is 0 Å². The Balaban J connectivity index is 3.48. The van der Waals surface area contributed by atoms with Crippen LogP contribution in [0.4, 0.5) is 0 Å². The normalized spacial score (nSPS) is 12.8. The van der Waals surface area contributed by atoms with Gasteiger partial charge in [0.25, 0.3) is 0 Å². The van der Waals surface area contributed by atoms with Crippen LogP contribution < -0.4 is 5.32 Å². The summed E-state index contributed by atoms with van der Waals surface area (Å²) in [7, 11) is 0. The van der Waals surface area contributed by atoms with Gasteiger partial charge in [-0.25, -0.2) is 0 Å². The van der Waals surface area contributed by atoms with Crippen molar-refractivity contribution in [3.8, 4) is 0 Å². The summed E-state index contributed by atoms with van der Waals surface area (Å²) in [6.07, 6.45) is 71.4. The molecular weight excluding hydrogens is 839 g/mol. The zero-order valence-electron chi connectivity index (χ0n) is 45.6. The van der Waals surface area contributed by atoms with Crippen molar-refractivity contribution >= 4 is 11.9 Å². The van der Waals surface area contributed by atoms with Gasteiger partial charge in [0.05, 0.1) is 25.4 Å². The molecule has 6 nitrogen and oxygen atoms in total. The number of ether oxygens (including phenoxy) is 1. The predicted molar refractivity (Wildman–Crippen MR) is 296 cm³/mol. The van der Waals surface area contributed by atoms with Crippen molar-refractivity contribution in [1.29, 1.82) is 0 Å². The number of rotatable bonds is 56. The zero-order valence-corrected chi connectivity index (χ0v) is 45.6. The minimum Gasteiger partial charge on any atom is -0.466 e. The third kappa shape index (κ3) is 53.4. The van der Waals surface area contributed by atoms with Gasteiger partial charge in [-0.3, -0.25) is 9.59 Å². The average Bonchev–Trinajstić information content (AvgIpc) is 3.34. The molecule has 2 atom stereocenters. The average molecular weight is 957 g/mol. The lowest BCUT2D eigenvalue weighted by molar-refractivity contribution is -0.143. The number of hydrogen-bond donors (Lipinski definition) is 3. The van der Waals surface area contributed by atoms with Gasteiger partial charge in [0, 0.05) is 12.8 Å². The molecule has 0 bridgehead atoms. The molecule has 1 amide bonds. The summed E-state index contributed by atoms with van der Waals surface area (Å²) < 4.78 is 5.48. The lowest BCUT2D eigenvalue weighted by Gasteiger charge is -2.22.